The van der Waals surface area contributed by atoms with Crippen LogP contribution in [0, 0.1) is 19.8 Å². The minimum absolute atomic E-state index is 0.754. The lowest BCUT2D eigenvalue weighted by Gasteiger charge is -2.03. The van der Waals surface area contributed by atoms with Crippen LogP contribution in [-0.4, -0.2) is 10.3 Å². The zero-order valence-electron chi connectivity index (χ0n) is 8.43. The van der Waals surface area contributed by atoms with Gasteiger partial charge in [-0.15, -0.1) is 11.3 Å². The van der Waals surface area contributed by atoms with E-state index in [2.05, 4.69) is 41.7 Å². The summed E-state index contributed by atoms with van der Waals surface area (Å²) in [6.07, 6.45) is 2.36. The number of hydrogen-bond acceptors (Lipinski definition) is 2. The predicted molar refractivity (Wildman–Crippen MR) is 62.9 cm³/mol. The fraction of sp³-hybridized carbons (Fsp3) is 0.700. The third kappa shape index (κ3) is 3.39. The van der Waals surface area contributed by atoms with Gasteiger partial charge in [0.05, 0.1) is 10.7 Å². The lowest BCUT2D eigenvalue weighted by Crippen LogP contribution is -1.97. The number of aryl methyl sites for hydroxylation is 3. The second kappa shape index (κ2) is 5.11. The molecule has 3 heteroatoms. The van der Waals surface area contributed by atoms with Crippen LogP contribution in [0.15, 0.2) is 0 Å². The van der Waals surface area contributed by atoms with Crippen LogP contribution >= 0.6 is 27.3 Å². The molecule has 74 valence electrons. The number of aromatic nitrogens is 1. The first-order chi connectivity index (χ1) is 6.13. The second-order valence-electron chi connectivity index (χ2n) is 3.55. The van der Waals surface area contributed by atoms with E-state index in [1.807, 2.05) is 11.3 Å². The van der Waals surface area contributed by atoms with Crippen molar-refractivity contribution >= 4 is 27.3 Å². The van der Waals surface area contributed by atoms with Gasteiger partial charge >= 0.3 is 0 Å². The number of nitrogens with zero attached hydrogens (tertiary/aromatic N) is 1. The van der Waals surface area contributed by atoms with E-state index in [9.17, 15) is 0 Å². The summed E-state index contributed by atoms with van der Waals surface area (Å²) < 4.78 is 0. The molecule has 0 fully saturated rings. The van der Waals surface area contributed by atoms with E-state index in [4.69, 9.17) is 0 Å². The van der Waals surface area contributed by atoms with E-state index in [1.165, 1.54) is 22.0 Å². The first-order valence-electron chi connectivity index (χ1n) is 4.62. The van der Waals surface area contributed by atoms with Crippen molar-refractivity contribution in [3.63, 3.8) is 0 Å². The molecular weight excluding hydrogens is 246 g/mol. The van der Waals surface area contributed by atoms with Crippen LogP contribution < -0.4 is 0 Å². The van der Waals surface area contributed by atoms with Crippen molar-refractivity contribution in [2.45, 2.75) is 33.6 Å². The predicted octanol–water partition coefficient (Wildman–Crippen LogP) is 3.72. The van der Waals surface area contributed by atoms with Gasteiger partial charge in [-0.25, -0.2) is 4.98 Å². The number of rotatable bonds is 4. The minimum atomic E-state index is 0.754. The molecule has 1 heterocycles. The Hall–Kier alpha value is 0.110. The maximum atomic E-state index is 4.52. The van der Waals surface area contributed by atoms with Gasteiger partial charge in [-0.1, -0.05) is 22.9 Å². The highest BCUT2D eigenvalue weighted by Crippen LogP contribution is 2.19. The first kappa shape index (κ1) is 11.2. The molecule has 0 saturated carbocycles. The van der Waals surface area contributed by atoms with Crippen LogP contribution in [0.2, 0.25) is 0 Å². The van der Waals surface area contributed by atoms with Crippen LogP contribution in [0.3, 0.4) is 0 Å². The third-order valence-corrected chi connectivity index (χ3v) is 4.43. The van der Waals surface area contributed by atoms with Gasteiger partial charge in [0, 0.05) is 10.2 Å². The molecule has 1 aromatic heterocycles. The van der Waals surface area contributed by atoms with Gasteiger partial charge in [0.25, 0.3) is 0 Å². The molecule has 0 aromatic carbocycles. The maximum Gasteiger partial charge on any atom is 0.0930 e. The smallest absolute Gasteiger partial charge is 0.0930 e. The Morgan fingerprint density at radius 2 is 2.15 bits per heavy atom. The van der Waals surface area contributed by atoms with Crippen molar-refractivity contribution in [3.05, 3.63) is 15.6 Å². The SMILES string of the molecule is Cc1nc(CCC(C)CBr)sc1C. The van der Waals surface area contributed by atoms with Crippen LogP contribution in [0.4, 0.5) is 0 Å². The molecule has 13 heavy (non-hydrogen) atoms. The Bertz CT molecular complexity index is 250. The summed E-state index contributed by atoms with van der Waals surface area (Å²) >= 11 is 5.33. The Morgan fingerprint density at radius 3 is 2.62 bits per heavy atom. The van der Waals surface area contributed by atoms with Crippen molar-refractivity contribution in [3.8, 4) is 0 Å². The molecule has 0 aliphatic carbocycles. The molecule has 0 aliphatic rings. The highest BCUT2D eigenvalue weighted by molar-refractivity contribution is 9.09. The molecule has 0 N–H and O–H groups in total. The van der Waals surface area contributed by atoms with E-state index < -0.39 is 0 Å². The van der Waals surface area contributed by atoms with Crippen LogP contribution in [-0.2, 0) is 6.42 Å². The number of thiazole rings is 1. The highest BCUT2D eigenvalue weighted by Gasteiger charge is 2.05. The lowest BCUT2D eigenvalue weighted by atomic mass is 10.1. The number of hydrogen-bond donors (Lipinski definition) is 0. The van der Waals surface area contributed by atoms with Crippen molar-refractivity contribution in [1.82, 2.24) is 4.98 Å². The quantitative estimate of drug-likeness (QED) is 0.753. The van der Waals surface area contributed by atoms with Gasteiger partial charge in [0.1, 0.15) is 0 Å². The molecule has 0 aliphatic heterocycles. The summed E-state index contributed by atoms with van der Waals surface area (Å²) in [4.78, 5) is 5.88. The Balaban J connectivity index is 2.45. The van der Waals surface area contributed by atoms with Crippen molar-refractivity contribution in [2.75, 3.05) is 5.33 Å². The molecule has 1 aromatic rings. The highest BCUT2D eigenvalue weighted by atomic mass is 79.9. The second-order valence-corrected chi connectivity index (χ2v) is 5.48. The summed E-state index contributed by atoms with van der Waals surface area (Å²) in [5, 5.41) is 2.39. The van der Waals surface area contributed by atoms with Crippen LogP contribution in [0.5, 0.6) is 0 Å². The summed E-state index contributed by atoms with van der Waals surface area (Å²) in [7, 11) is 0. The van der Waals surface area contributed by atoms with E-state index in [1.54, 1.807) is 0 Å². The number of alkyl halides is 1. The van der Waals surface area contributed by atoms with Crippen molar-refractivity contribution < 1.29 is 0 Å². The van der Waals surface area contributed by atoms with E-state index in [0.717, 1.165) is 17.7 Å². The maximum absolute atomic E-state index is 4.52. The fourth-order valence-corrected chi connectivity index (χ4v) is 2.37. The zero-order chi connectivity index (χ0) is 9.84. The molecular formula is C10H16BrNS. The summed E-state index contributed by atoms with van der Waals surface area (Å²) in [6.45, 7) is 6.50. The van der Waals surface area contributed by atoms with Gasteiger partial charge in [0.2, 0.25) is 0 Å². The van der Waals surface area contributed by atoms with Crippen molar-refractivity contribution in [2.24, 2.45) is 5.92 Å². The Kier molecular flexibility index (Phi) is 4.39. The average molecular weight is 262 g/mol. The lowest BCUT2D eigenvalue weighted by molar-refractivity contribution is 0.598. The Labute approximate surface area is 92.7 Å². The zero-order valence-corrected chi connectivity index (χ0v) is 10.8. The molecule has 0 amide bonds. The minimum Gasteiger partial charge on any atom is -0.246 e. The average Bonchev–Trinajstić information content (AvgIpc) is 2.42. The molecule has 0 radical (unpaired) electrons. The molecule has 0 bridgehead atoms. The van der Waals surface area contributed by atoms with Gasteiger partial charge in [0.15, 0.2) is 0 Å². The van der Waals surface area contributed by atoms with Gasteiger partial charge in [-0.2, -0.15) is 0 Å². The monoisotopic (exact) mass is 261 g/mol. The molecule has 1 unspecified atom stereocenters. The summed E-state index contributed by atoms with van der Waals surface area (Å²) in [5.41, 5.74) is 1.20. The van der Waals surface area contributed by atoms with E-state index in [0.29, 0.717) is 0 Å². The fourth-order valence-electron chi connectivity index (χ4n) is 1.09. The van der Waals surface area contributed by atoms with Crippen molar-refractivity contribution in [1.29, 1.82) is 0 Å². The standard InChI is InChI=1S/C10H16BrNS/c1-7(6-11)4-5-10-12-8(2)9(3)13-10/h7H,4-6H2,1-3H3. The molecule has 1 atom stereocenters. The molecule has 0 spiro atoms. The Morgan fingerprint density at radius 1 is 1.46 bits per heavy atom. The topological polar surface area (TPSA) is 12.9 Å². The van der Waals surface area contributed by atoms with Gasteiger partial charge in [-0.05, 0) is 32.6 Å². The summed E-state index contributed by atoms with van der Waals surface area (Å²) in [5.74, 6) is 0.754. The molecule has 0 saturated heterocycles. The normalized spacial score (nSPS) is 13.2. The van der Waals surface area contributed by atoms with Gasteiger partial charge < -0.3 is 0 Å². The first-order valence-corrected chi connectivity index (χ1v) is 6.56. The van der Waals surface area contributed by atoms with E-state index >= 15 is 0 Å². The third-order valence-electron chi connectivity index (χ3n) is 2.19. The van der Waals surface area contributed by atoms with E-state index in [-0.39, 0.29) is 0 Å². The van der Waals surface area contributed by atoms with Crippen LogP contribution in [0.1, 0.15) is 28.9 Å². The largest absolute Gasteiger partial charge is 0.246 e. The van der Waals surface area contributed by atoms with Crippen LogP contribution in [0.25, 0.3) is 0 Å². The molecule has 1 nitrogen and oxygen atoms in total. The summed E-state index contributed by atoms with van der Waals surface area (Å²) in [6, 6.07) is 0. The van der Waals surface area contributed by atoms with Gasteiger partial charge in [-0.3, -0.25) is 0 Å². The molecule has 1 rings (SSSR count). The number of halogens is 1.